The van der Waals surface area contributed by atoms with E-state index in [4.69, 9.17) is 28.8 Å². The average Bonchev–Trinajstić information content (AvgIpc) is 1.83. The van der Waals surface area contributed by atoms with Crippen molar-refractivity contribution in [3.8, 4) is 0 Å². The Labute approximate surface area is 57.4 Å². The topological polar surface area (TPSA) is 38.7 Å². The van der Waals surface area contributed by atoms with Crippen molar-refractivity contribution in [1.82, 2.24) is 0 Å². The van der Waals surface area contributed by atoms with Gasteiger partial charge in [0.1, 0.15) is 6.10 Å². The third-order valence-electron chi connectivity index (χ3n) is 0.579. The van der Waals surface area contributed by atoms with E-state index in [0.29, 0.717) is 0 Å². The summed E-state index contributed by atoms with van der Waals surface area (Å²) in [6.45, 7) is -0.113. The van der Waals surface area contributed by atoms with Crippen LogP contribution in [-0.2, 0) is 8.58 Å². The van der Waals surface area contributed by atoms with Gasteiger partial charge in [0.2, 0.25) is 0 Å². The molecule has 0 aliphatic rings. The fourth-order valence-corrected chi connectivity index (χ4v) is 0.425. The van der Waals surface area contributed by atoms with Crippen LogP contribution in [0.2, 0.25) is 0 Å². The van der Waals surface area contributed by atoms with Crippen molar-refractivity contribution in [2.75, 3.05) is 13.2 Å². The molecule has 8 heavy (non-hydrogen) atoms. The van der Waals surface area contributed by atoms with Crippen molar-refractivity contribution >= 4 is 23.7 Å². The Morgan fingerprint density at radius 2 is 2.12 bits per heavy atom. The third kappa shape index (κ3) is 3.46. The Morgan fingerprint density at radius 1 is 1.50 bits per heavy atom. The van der Waals surface area contributed by atoms with Crippen LogP contribution in [-0.4, -0.2) is 24.4 Å². The van der Waals surface area contributed by atoms with E-state index in [0.717, 1.165) is 0 Å². The second-order valence-corrected chi connectivity index (χ2v) is 1.57. The van der Waals surface area contributed by atoms with Crippen molar-refractivity contribution < 1.29 is 13.7 Å². The maximum Gasteiger partial charge on any atom is 0.127 e. The zero-order chi connectivity index (χ0) is 6.41. The maximum atomic E-state index is 8.31. The molecule has 3 nitrogen and oxygen atoms in total. The fourth-order valence-electron chi connectivity index (χ4n) is 0.177. The Bertz CT molecular complexity index is 47.8. The van der Waals surface area contributed by atoms with Crippen LogP contribution in [0.3, 0.4) is 0 Å². The fraction of sp³-hybridized carbons (Fsp3) is 1.00. The van der Waals surface area contributed by atoms with Gasteiger partial charge >= 0.3 is 0 Å². The molecule has 0 rings (SSSR count). The molecule has 0 radical (unpaired) electrons. The molecule has 0 aromatic rings. The lowest BCUT2D eigenvalue weighted by Crippen LogP contribution is -2.18. The molecule has 1 N–H and O–H groups in total. The minimum absolute atomic E-state index is 0.0849. The van der Waals surface area contributed by atoms with Crippen molar-refractivity contribution in [1.29, 1.82) is 0 Å². The lowest BCUT2D eigenvalue weighted by atomic mass is 10.4. The van der Waals surface area contributed by atoms with Crippen LogP contribution in [0.15, 0.2) is 0 Å². The van der Waals surface area contributed by atoms with Gasteiger partial charge in [-0.1, -0.05) is 0 Å². The quantitative estimate of drug-likeness (QED) is 0.659. The first-order valence-corrected chi connectivity index (χ1v) is 2.58. The molecule has 0 fully saturated rings. The smallest absolute Gasteiger partial charge is 0.127 e. The van der Waals surface area contributed by atoms with Crippen LogP contribution in [0.4, 0.5) is 0 Å². The maximum absolute atomic E-state index is 8.31. The summed E-state index contributed by atoms with van der Waals surface area (Å²) in [5.74, 6) is 0. The van der Waals surface area contributed by atoms with Crippen LogP contribution in [0.1, 0.15) is 0 Å². The molecular weight excluding hydrogens is 155 g/mol. The predicted octanol–water partition coefficient (Wildman–Crippen LogP) is 0.688. The summed E-state index contributed by atoms with van der Waals surface area (Å²) in [5.41, 5.74) is 0. The van der Waals surface area contributed by atoms with Crippen molar-refractivity contribution in [2.45, 2.75) is 6.10 Å². The molecule has 0 saturated carbocycles. The predicted molar refractivity (Wildman–Crippen MR) is 29.6 cm³/mol. The van der Waals surface area contributed by atoms with E-state index in [1.54, 1.807) is 0 Å². The first kappa shape index (κ1) is 8.46. The monoisotopic (exact) mass is 160 g/mol. The molecule has 5 heteroatoms. The van der Waals surface area contributed by atoms with Crippen LogP contribution in [0, 0.1) is 0 Å². The summed E-state index contributed by atoms with van der Waals surface area (Å²) in [6, 6.07) is 0. The van der Waals surface area contributed by atoms with E-state index >= 15 is 0 Å². The van der Waals surface area contributed by atoms with Gasteiger partial charge in [-0.05, 0) is 0 Å². The lowest BCUT2D eigenvalue weighted by molar-refractivity contribution is 0.0837. The van der Waals surface area contributed by atoms with E-state index in [9.17, 15) is 0 Å². The van der Waals surface area contributed by atoms with Crippen molar-refractivity contribution in [3.05, 3.63) is 0 Å². The summed E-state index contributed by atoms with van der Waals surface area (Å²) < 4.78 is 8.24. The van der Waals surface area contributed by atoms with Crippen molar-refractivity contribution in [3.63, 3.8) is 0 Å². The highest BCUT2D eigenvalue weighted by molar-refractivity contribution is 6.08. The van der Waals surface area contributed by atoms with Gasteiger partial charge in [0.05, 0.1) is 36.9 Å². The number of aliphatic hydroxyl groups is 1. The number of halogens is 2. The van der Waals surface area contributed by atoms with Gasteiger partial charge in [-0.3, -0.25) is 8.58 Å². The molecule has 50 valence electrons. The second-order valence-electron chi connectivity index (χ2n) is 1.17. The molecule has 0 amide bonds. The molecular formula is C3H6Cl2O3. The van der Waals surface area contributed by atoms with Gasteiger partial charge < -0.3 is 5.11 Å². The zero-order valence-corrected chi connectivity index (χ0v) is 5.52. The summed E-state index contributed by atoms with van der Waals surface area (Å²) in [7, 11) is 0. The van der Waals surface area contributed by atoms with E-state index in [2.05, 4.69) is 8.58 Å². The first-order valence-electron chi connectivity index (χ1n) is 1.97. The van der Waals surface area contributed by atoms with Gasteiger partial charge in [0, 0.05) is 0 Å². The van der Waals surface area contributed by atoms with E-state index in [1.165, 1.54) is 0 Å². The Balaban J connectivity index is 3.07. The standard InChI is InChI=1S/C3H6Cl2O3/c4-7-2-3(1-6)8-5/h3,6H,1-2H2. The normalized spacial score (nSPS) is 13.9. The van der Waals surface area contributed by atoms with E-state index in [-0.39, 0.29) is 13.2 Å². The molecule has 1 atom stereocenters. The number of rotatable bonds is 4. The molecule has 0 heterocycles. The minimum atomic E-state index is -0.533. The van der Waals surface area contributed by atoms with Crippen molar-refractivity contribution in [2.24, 2.45) is 0 Å². The lowest BCUT2D eigenvalue weighted by Gasteiger charge is -2.04. The third-order valence-corrected chi connectivity index (χ3v) is 0.956. The Morgan fingerprint density at radius 3 is 2.25 bits per heavy atom. The summed E-state index contributed by atoms with van der Waals surface area (Å²) in [6.07, 6.45) is -0.533. The Kier molecular flexibility index (Phi) is 5.92. The van der Waals surface area contributed by atoms with E-state index in [1.807, 2.05) is 0 Å². The van der Waals surface area contributed by atoms with Gasteiger partial charge in [-0.15, -0.1) is 0 Å². The number of hydrogen-bond acceptors (Lipinski definition) is 3. The highest BCUT2D eigenvalue weighted by Crippen LogP contribution is 1.95. The van der Waals surface area contributed by atoms with E-state index < -0.39 is 6.10 Å². The van der Waals surface area contributed by atoms with Crippen LogP contribution >= 0.6 is 23.7 Å². The zero-order valence-electron chi connectivity index (χ0n) is 4.01. The summed E-state index contributed by atoms with van der Waals surface area (Å²) in [5, 5.41) is 8.31. The van der Waals surface area contributed by atoms with Gasteiger partial charge in [-0.2, -0.15) is 0 Å². The molecule has 0 aromatic heterocycles. The molecule has 0 aliphatic heterocycles. The van der Waals surface area contributed by atoms with Crippen LogP contribution < -0.4 is 0 Å². The van der Waals surface area contributed by atoms with Gasteiger partial charge in [0.15, 0.2) is 0 Å². The molecule has 0 aromatic carbocycles. The second kappa shape index (κ2) is 5.59. The highest BCUT2D eigenvalue weighted by Gasteiger charge is 2.04. The highest BCUT2D eigenvalue weighted by atomic mass is 35.5. The number of hydrogen-bond donors (Lipinski definition) is 1. The number of aliphatic hydroxyl groups excluding tert-OH is 1. The van der Waals surface area contributed by atoms with Gasteiger partial charge in [0.25, 0.3) is 0 Å². The minimum Gasteiger partial charge on any atom is -0.394 e. The molecule has 0 aliphatic carbocycles. The largest absolute Gasteiger partial charge is 0.394 e. The SMILES string of the molecule is OCC(COCl)OCl. The molecule has 0 bridgehead atoms. The van der Waals surface area contributed by atoms with Crippen LogP contribution in [0.25, 0.3) is 0 Å². The summed E-state index contributed by atoms with van der Waals surface area (Å²) >= 11 is 9.65. The molecule has 0 spiro atoms. The Hall–Kier alpha value is 0.460. The molecule has 0 saturated heterocycles. The van der Waals surface area contributed by atoms with Crippen LogP contribution in [0.5, 0.6) is 0 Å². The first-order chi connectivity index (χ1) is 3.85. The summed E-state index contributed by atoms with van der Waals surface area (Å²) in [4.78, 5) is 0. The van der Waals surface area contributed by atoms with Gasteiger partial charge in [-0.25, -0.2) is 0 Å². The molecule has 1 unspecified atom stereocenters. The average molecular weight is 161 g/mol.